The number of ether oxygens (including phenoxy) is 1. The molecule has 0 saturated carbocycles. The van der Waals surface area contributed by atoms with Crippen LogP contribution in [0.1, 0.15) is 5.56 Å². The van der Waals surface area contributed by atoms with Crippen LogP contribution in [-0.2, 0) is 4.79 Å². The molecule has 4 N–H and O–H groups in total. The van der Waals surface area contributed by atoms with E-state index in [0.717, 1.165) is 11.4 Å². The molecule has 8 heteroatoms. The molecule has 0 radical (unpaired) electrons. The lowest BCUT2D eigenvalue weighted by molar-refractivity contribution is -0.119. The van der Waals surface area contributed by atoms with E-state index in [1.54, 1.807) is 50.4 Å². The van der Waals surface area contributed by atoms with Crippen LogP contribution in [0.4, 0.5) is 15.8 Å². The number of anilines is 2. The van der Waals surface area contributed by atoms with Gasteiger partial charge in [-0.3, -0.25) is 15.6 Å². The van der Waals surface area contributed by atoms with Gasteiger partial charge in [0.25, 0.3) is 5.91 Å². The number of methoxy groups -OCH3 is 1. The molecule has 0 spiro atoms. The molecule has 2 rings (SSSR count). The molecule has 0 atom stereocenters. The molecule has 25 heavy (non-hydrogen) atoms. The number of nitrogens with one attached hydrogen (secondary N) is 4. The Morgan fingerprint density at radius 1 is 1.12 bits per heavy atom. The van der Waals surface area contributed by atoms with Crippen molar-refractivity contribution in [3.8, 4) is 5.75 Å². The molecule has 0 aromatic heterocycles. The summed E-state index contributed by atoms with van der Waals surface area (Å²) in [6, 6.07) is 11.8. The fraction of sp³-hybridized carbons (Fsp3) is 0.176. The van der Waals surface area contributed by atoms with Crippen molar-refractivity contribution in [2.45, 2.75) is 6.92 Å². The van der Waals surface area contributed by atoms with Crippen LogP contribution in [-0.4, -0.2) is 24.7 Å². The third-order valence-electron chi connectivity index (χ3n) is 3.29. The number of aryl methyl sites for hydroxylation is 1. The summed E-state index contributed by atoms with van der Waals surface area (Å²) < 4.78 is 18.5. The van der Waals surface area contributed by atoms with Crippen LogP contribution >= 0.6 is 12.2 Å². The van der Waals surface area contributed by atoms with Gasteiger partial charge in [-0.25, -0.2) is 4.39 Å². The zero-order valence-electron chi connectivity index (χ0n) is 13.9. The minimum Gasteiger partial charge on any atom is -0.497 e. The summed E-state index contributed by atoms with van der Waals surface area (Å²) in [7, 11) is 1.59. The van der Waals surface area contributed by atoms with Gasteiger partial charge in [0.15, 0.2) is 5.11 Å². The van der Waals surface area contributed by atoms with Crippen molar-refractivity contribution in [3.05, 3.63) is 53.8 Å². The predicted molar refractivity (Wildman–Crippen MR) is 100 cm³/mol. The van der Waals surface area contributed by atoms with E-state index in [4.69, 9.17) is 17.0 Å². The third kappa shape index (κ3) is 5.92. The normalized spacial score (nSPS) is 9.88. The average molecular weight is 362 g/mol. The standard InChI is InChI=1S/C17H19FN4O2S/c1-11-3-4-13(9-15(11)18)20-17(25)22-21-16(23)10-19-12-5-7-14(24-2)8-6-12/h3-9,19H,10H2,1-2H3,(H,21,23)(H2,20,22,25). The van der Waals surface area contributed by atoms with Crippen LogP contribution in [0.5, 0.6) is 5.75 Å². The second-order valence-electron chi connectivity index (χ2n) is 5.17. The van der Waals surface area contributed by atoms with Crippen molar-refractivity contribution in [3.63, 3.8) is 0 Å². The smallest absolute Gasteiger partial charge is 0.257 e. The number of benzene rings is 2. The van der Waals surface area contributed by atoms with Crippen LogP contribution in [0.2, 0.25) is 0 Å². The summed E-state index contributed by atoms with van der Waals surface area (Å²) in [4.78, 5) is 11.8. The lowest BCUT2D eigenvalue weighted by Gasteiger charge is -2.13. The number of amides is 1. The van der Waals surface area contributed by atoms with E-state index in [9.17, 15) is 9.18 Å². The van der Waals surface area contributed by atoms with Gasteiger partial charge in [0.1, 0.15) is 11.6 Å². The topological polar surface area (TPSA) is 74.4 Å². The SMILES string of the molecule is COc1ccc(NCC(=O)NNC(=S)Nc2ccc(C)c(F)c2)cc1. The van der Waals surface area contributed by atoms with Crippen LogP contribution in [0.3, 0.4) is 0 Å². The van der Waals surface area contributed by atoms with Crippen LogP contribution in [0, 0.1) is 12.7 Å². The Bertz CT molecular complexity index is 753. The first-order chi connectivity index (χ1) is 12.0. The van der Waals surface area contributed by atoms with E-state index in [-0.39, 0.29) is 23.4 Å². The molecule has 0 bridgehead atoms. The molecule has 132 valence electrons. The maximum atomic E-state index is 13.5. The van der Waals surface area contributed by atoms with Crippen LogP contribution in [0.15, 0.2) is 42.5 Å². The maximum Gasteiger partial charge on any atom is 0.257 e. The summed E-state index contributed by atoms with van der Waals surface area (Å²) in [5, 5.41) is 5.90. The second kappa shape index (κ2) is 8.84. The molecule has 0 aliphatic heterocycles. The molecule has 2 aromatic carbocycles. The highest BCUT2D eigenvalue weighted by Gasteiger charge is 2.04. The van der Waals surface area contributed by atoms with E-state index in [2.05, 4.69) is 21.5 Å². The van der Waals surface area contributed by atoms with Crippen molar-refractivity contribution >= 4 is 34.6 Å². The Kier molecular flexibility index (Phi) is 6.53. The lowest BCUT2D eigenvalue weighted by Crippen LogP contribution is -2.45. The van der Waals surface area contributed by atoms with Crippen molar-refractivity contribution < 1.29 is 13.9 Å². The highest BCUT2D eigenvalue weighted by Crippen LogP contribution is 2.14. The van der Waals surface area contributed by atoms with Crippen molar-refractivity contribution in [1.82, 2.24) is 10.9 Å². The highest BCUT2D eigenvalue weighted by molar-refractivity contribution is 7.80. The van der Waals surface area contributed by atoms with E-state index < -0.39 is 0 Å². The molecule has 0 heterocycles. The van der Waals surface area contributed by atoms with Gasteiger partial charge >= 0.3 is 0 Å². The third-order valence-corrected chi connectivity index (χ3v) is 3.49. The Balaban J connectivity index is 1.73. The van der Waals surface area contributed by atoms with E-state index >= 15 is 0 Å². The molecule has 0 aliphatic rings. The average Bonchev–Trinajstić information content (AvgIpc) is 2.61. The molecule has 0 aliphatic carbocycles. The number of hydrogen-bond acceptors (Lipinski definition) is 4. The molecule has 1 amide bonds. The van der Waals surface area contributed by atoms with Gasteiger partial charge in [0.05, 0.1) is 13.7 Å². The van der Waals surface area contributed by atoms with E-state index in [1.807, 2.05) is 0 Å². The van der Waals surface area contributed by atoms with E-state index in [1.165, 1.54) is 6.07 Å². The number of hydrogen-bond donors (Lipinski definition) is 4. The molecular weight excluding hydrogens is 343 g/mol. The first-order valence-electron chi connectivity index (χ1n) is 7.48. The van der Waals surface area contributed by atoms with Gasteiger partial charge in [-0.2, -0.15) is 0 Å². The van der Waals surface area contributed by atoms with Gasteiger partial charge in [0, 0.05) is 11.4 Å². The van der Waals surface area contributed by atoms with Crippen molar-refractivity contribution in [2.24, 2.45) is 0 Å². The molecule has 0 fully saturated rings. The highest BCUT2D eigenvalue weighted by atomic mass is 32.1. The molecular formula is C17H19FN4O2S. The number of hydrazine groups is 1. The zero-order valence-corrected chi connectivity index (χ0v) is 14.7. The van der Waals surface area contributed by atoms with Crippen LogP contribution < -0.4 is 26.2 Å². The van der Waals surface area contributed by atoms with Crippen LogP contribution in [0.25, 0.3) is 0 Å². The molecule has 0 saturated heterocycles. The molecule has 2 aromatic rings. The monoisotopic (exact) mass is 362 g/mol. The first-order valence-corrected chi connectivity index (χ1v) is 7.88. The quantitative estimate of drug-likeness (QED) is 0.484. The summed E-state index contributed by atoms with van der Waals surface area (Å²) >= 11 is 5.04. The summed E-state index contributed by atoms with van der Waals surface area (Å²) in [6.45, 7) is 1.73. The molecule has 0 unspecified atom stereocenters. The second-order valence-corrected chi connectivity index (χ2v) is 5.58. The van der Waals surface area contributed by atoms with Gasteiger partial charge in [-0.1, -0.05) is 6.07 Å². The summed E-state index contributed by atoms with van der Waals surface area (Å²) in [5.41, 5.74) is 6.83. The van der Waals surface area contributed by atoms with Crippen molar-refractivity contribution in [1.29, 1.82) is 0 Å². The summed E-state index contributed by atoms with van der Waals surface area (Å²) in [6.07, 6.45) is 0. The Morgan fingerprint density at radius 3 is 2.44 bits per heavy atom. The minimum absolute atomic E-state index is 0.0566. The maximum absolute atomic E-state index is 13.5. The van der Waals surface area contributed by atoms with E-state index in [0.29, 0.717) is 11.3 Å². The summed E-state index contributed by atoms with van der Waals surface area (Å²) in [5.74, 6) is 0.0937. The number of halogens is 1. The van der Waals surface area contributed by atoms with Gasteiger partial charge < -0.3 is 15.4 Å². The number of rotatable bonds is 5. The zero-order chi connectivity index (χ0) is 18.2. The van der Waals surface area contributed by atoms with Crippen molar-refractivity contribution in [2.75, 3.05) is 24.3 Å². The first kappa shape index (κ1) is 18.5. The number of carbonyl (C=O) groups is 1. The Morgan fingerprint density at radius 2 is 1.80 bits per heavy atom. The predicted octanol–water partition coefficient (Wildman–Crippen LogP) is 2.57. The van der Waals surface area contributed by atoms with Gasteiger partial charge in [-0.05, 0) is 61.1 Å². The van der Waals surface area contributed by atoms with Gasteiger partial charge in [0.2, 0.25) is 0 Å². The molecule has 6 nitrogen and oxygen atoms in total. The van der Waals surface area contributed by atoms with Gasteiger partial charge in [-0.15, -0.1) is 0 Å². The largest absolute Gasteiger partial charge is 0.497 e. The number of carbonyl (C=O) groups excluding carboxylic acids is 1. The Hall–Kier alpha value is -2.87. The Labute approximate surface area is 150 Å². The number of thiocarbonyl (C=S) groups is 1. The lowest BCUT2D eigenvalue weighted by atomic mass is 10.2. The fourth-order valence-corrected chi connectivity index (χ4v) is 2.06. The minimum atomic E-state index is -0.333. The fourth-order valence-electron chi connectivity index (χ4n) is 1.89.